The number of hydrogen-bond donors (Lipinski definition) is 1. The summed E-state index contributed by atoms with van der Waals surface area (Å²) < 4.78 is 6.82. The molecule has 0 aromatic heterocycles. The highest BCUT2D eigenvalue weighted by atomic mass is 127. The molecule has 23 heavy (non-hydrogen) atoms. The first kappa shape index (κ1) is 15.6. The zero-order valence-electron chi connectivity index (χ0n) is 12.2. The second kappa shape index (κ2) is 7.28. The molecule has 0 atom stereocenters. The molecule has 3 aromatic carbocycles. The van der Waals surface area contributed by atoms with Gasteiger partial charge in [-0.25, -0.2) is 0 Å². The van der Waals surface area contributed by atoms with Crippen LogP contribution in [0.1, 0.15) is 10.4 Å². The Morgan fingerprint density at radius 2 is 1.39 bits per heavy atom. The molecule has 1 N–H and O–H groups in total. The average Bonchev–Trinajstić information content (AvgIpc) is 2.58. The molecule has 0 heterocycles. The zero-order valence-corrected chi connectivity index (χ0v) is 14.4. The van der Waals surface area contributed by atoms with Crippen LogP contribution < -0.4 is 10.1 Å². The molecular weight excluding hydrogens is 401 g/mol. The van der Waals surface area contributed by atoms with Crippen molar-refractivity contribution in [3.8, 4) is 11.5 Å². The molecule has 0 aliphatic carbocycles. The van der Waals surface area contributed by atoms with Gasteiger partial charge in [-0.1, -0.05) is 18.2 Å². The number of anilines is 1. The lowest BCUT2D eigenvalue weighted by Crippen LogP contribution is -2.11. The summed E-state index contributed by atoms with van der Waals surface area (Å²) in [4.78, 5) is 12.2. The summed E-state index contributed by atoms with van der Waals surface area (Å²) >= 11 is 2.21. The van der Waals surface area contributed by atoms with Crippen LogP contribution in [0.5, 0.6) is 11.5 Å². The molecule has 114 valence electrons. The third-order valence-corrected chi connectivity index (χ3v) is 3.92. The van der Waals surface area contributed by atoms with E-state index >= 15 is 0 Å². The van der Waals surface area contributed by atoms with Gasteiger partial charge in [0.1, 0.15) is 11.5 Å². The molecule has 0 saturated heterocycles. The van der Waals surface area contributed by atoms with E-state index in [1.165, 1.54) is 0 Å². The van der Waals surface area contributed by atoms with Crippen molar-refractivity contribution in [2.75, 3.05) is 5.32 Å². The summed E-state index contributed by atoms with van der Waals surface area (Å²) in [7, 11) is 0. The van der Waals surface area contributed by atoms with E-state index < -0.39 is 0 Å². The first-order valence-corrected chi connectivity index (χ1v) is 8.18. The van der Waals surface area contributed by atoms with Crippen molar-refractivity contribution in [1.82, 2.24) is 0 Å². The summed E-state index contributed by atoms with van der Waals surface area (Å²) in [5.74, 6) is 1.38. The van der Waals surface area contributed by atoms with Crippen LogP contribution >= 0.6 is 22.6 Å². The van der Waals surface area contributed by atoms with Crippen LogP contribution in [0, 0.1) is 3.57 Å². The minimum absolute atomic E-state index is 0.127. The second-order valence-electron chi connectivity index (χ2n) is 4.90. The van der Waals surface area contributed by atoms with Gasteiger partial charge in [-0.05, 0) is 83.3 Å². The van der Waals surface area contributed by atoms with Gasteiger partial charge in [0.2, 0.25) is 0 Å². The van der Waals surface area contributed by atoms with Gasteiger partial charge in [-0.2, -0.15) is 0 Å². The molecule has 4 heteroatoms. The van der Waals surface area contributed by atoms with E-state index in [1.807, 2.05) is 78.9 Å². The fourth-order valence-corrected chi connectivity index (χ4v) is 2.40. The van der Waals surface area contributed by atoms with Gasteiger partial charge in [0.05, 0.1) is 0 Å². The van der Waals surface area contributed by atoms with Gasteiger partial charge < -0.3 is 10.1 Å². The third-order valence-electron chi connectivity index (χ3n) is 3.20. The van der Waals surface area contributed by atoms with Gasteiger partial charge in [0, 0.05) is 14.8 Å². The van der Waals surface area contributed by atoms with Crippen molar-refractivity contribution in [3.05, 3.63) is 88.0 Å². The van der Waals surface area contributed by atoms with Crippen LogP contribution in [0.3, 0.4) is 0 Å². The second-order valence-corrected chi connectivity index (χ2v) is 6.15. The lowest BCUT2D eigenvalue weighted by atomic mass is 10.2. The van der Waals surface area contributed by atoms with Crippen molar-refractivity contribution in [1.29, 1.82) is 0 Å². The molecule has 3 nitrogen and oxygen atoms in total. The Kier molecular flexibility index (Phi) is 4.92. The molecule has 0 radical (unpaired) electrons. The van der Waals surface area contributed by atoms with E-state index in [9.17, 15) is 4.79 Å². The fourth-order valence-electron chi connectivity index (χ4n) is 2.04. The number of carbonyl (C=O) groups excluding carboxylic acids is 1. The van der Waals surface area contributed by atoms with Crippen LogP contribution in [0.25, 0.3) is 0 Å². The number of halogens is 1. The van der Waals surface area contributed by atoms with Crippen molar-refractivity contribution in [2.45, 2.75) is 0 Å². The van der Waals surface area contributed by atoms with Gasteiger partial charge in [-0.15, -0.1) is 0 Å². The largest absolute Gasteiger partial charge is 0.457 e. The maximum Gasteiger partial charge on any atom is 0.255 e. The van der Waals surface area contributed by atoms with E-state index in [-0.39, 0.29) is 5.91 Å². The molecule has 3 rings (SSSR count). The molecule has 0 unspecified atom stereocenters. The summed E-state index contributed by atoms with van der Waals surface area (Å²) in [6.07, 6.45) is 0. The molecule has 1 amide bonds. The molecular formula is C19H14INO2. The van der Waals surface area contributed by atoms with Gasteiger partial charge in [0.25, 0.3) is 5.91 Å². The Morgan fingerprint density at radius 1 is 0.783 bits per heavy atom. The standard InChI is InChI=1S/C19H14INO2/c20-15-8-6-14(7-9-15)19(22)21-16-10-12-18(13-11-16)23-17-4-2-1-3-5-17/h1-13H,(H,21,22). The lowest BCUT2D eigenvalue weighted by Gasteiger charge is -2.08. The first-order chi connectivity index (χ1) is 11.2. The molecule has 0 aliphatic rings. The van der Waals surface area contributed by atoms with E-state index in [4.69, 9.17) is 4.74 Å². The monoisotopic (exact) mass is 415 g/mol. The number of benzene rings is 3. The minimum Gasteiger partial charge on any atom is -0.457 e. The van der Waals surface area contributed by atoms with Crippen LogP contribution in [0.4, 0.5) is 5.69 Å². The van der Waals surface area contributed by atoms with E-state index in [2.05, 4.69) is 27.9 Å². The lowest BCUT2D eigenvalue weighted by molar-refractivity contribution is 0.102. The van der Waals surface area contributed by atoms with Crippen molar-refractivity contribution < 1.29 is 9.53 Å². The highest BCUT2D eigenvalue weighted by molar-refractivity contribution is 14.1. The van der Waals surface area contributed by atoms with Crippen molar-refractivity contribution >= 4 is 34.2 Å². The number of carbonyl (C=O) groups is 1. The molecule has 3 aromatic rings. The highest BCUT2D eigenvalue weighted by Crippen LogP contribution is 2.22. The van der Waals surface area contributed by atoms with Crippen LogP contribution in [0.15, 0.2) is 78.9 Å². The Morgan fingerprint density at radius 3 is 2.04 bits per heavy atom. The van der Waals surface area contributed by atoms with Crippen LogP contribution in [-0.2, 0) is 0 Å². The Bertz CT molecular complexity index is 784. The Hall–Kier alpha value is -2.34. The summed E-state index contributed by atoms with van der Waals surface area (Å²) in [5, 5.41) is 2.87. The third kappa shape index (κ3) is 4.32. The highest BCUT2D eigenvalue weighted by Gasteiger charge is 2.06. The maximum absolute atomic E-state index is 12.2. The average molecular weight is 415 g/mol. The summed E-state index contributed by atoms with van der Waals surface area (Å²) in [5.41, 5.74) is 1.36. The van der Waals surface area contributed by atoms with Gasteiger partial charge in [0.15, 0.2) is 0 Å². The van der Waals surface area contributed by atoms with Gasteiger partial charge >= 0.3 is 0 Å². The van der Waals surface area contributed by atoms with Gasteiger partial charge in [-0.3, -0.25) is 4.79 Å². The molecule has 0 bridgehead atoms. The number of rotatable bonds is 4. The number of amides is 1. The number of nitrogens with one attached hydrogen (secondary N) is 1. The Balaban J connectivity index is 1.65. The summed E-state index contributed by atoms with van der Waals surface area (Å²) in [6.45, 7) is 0. The molecule has 0 fully saturated rings. The smallest absolute Gasteiger partial charge is 0.255 e. The predicted octanol–water partition coefficient (Wildman–Crippen LogP) is 5.34. The first-order valence-electron chi connectivity index (χ1n) is 7.10. The predicted molar refractivity (Wildman–Crippen MR) is 100 cm³/mol. The van der Waals surface area contributed by atoms with E-state index in [1.54, 1.807) is 0 Å². The zero-order chi connectivity index (χ0) is 16.1. The minimum atomic E-state index is -0.127. The van der Waals surface area contributed by atoms with Crippen LogP contribution in [-0.4, -0.2) is 5.91 Å². The fraction of sp³-hybridized carbons (Fsp3) is 0. The van der Waals surface area contributed by atoms with E-state index in [0.717, 1.165) is 20.8 Å². The van der Waals surface area contributed by atoms with Crippen LogP contribution in [0.2, 0.25) is 0 Å². The van der Waals surface area contributed by atoms with Crippen molar-refractivity contribution in [3.63, 3.8) is 0 Å². The molecule has 0 aliphatic heterocycles. The maximum atomic E-state index is 12.2. The summed E-state index contributed by atoms with van der Waals surface area (Å²) in [6, 6.07) is 24.3. The normalized spacial score (nSPS) is 10.1. The molecule has 0 saturated carbocycles. The number of ether oxygens (including phenoxy) is 1. The topological polar surface area (TPSA) is 38.3 Å². The SMILES string of the molecule is O=C(Nc1ccc(Oc2ccccc2)cc1)c1ccc(I)cc1. The molecule has 0 spiro atoms. The number of hydrogen-bond acceptors (Lipinski definition) is 2. The Labute approximate surface area is 148 Å². The van der Waals surface area contributed by atoms with E-state index in [0.29, 0.717) is 5.56 Å². The van der Waals surface area contributed by atoms with Crippen molar-refractivity contribution in [2.24, 2.45) is 0 Å². The quantitative estimate of drug-likeness (QED) is 0.585. The number of para-hydroxylation sites is 1.